The molecule has 2 unspecified atom stereocenters. The van der Waals surface area contributed by atoms with E-state index >= 15 is 0 Å². The number of nitrogens with one attached hydrogen (secondary N) is 2. The molecule has 0 aromatic heterocycles. The molecule has 0 radical (unpaired) electrons. The van der Waals surface area contributed by atoms with E-state index in [4.69, 9.17) is 4.74 Å². The van der Waals surface area contributed by atoms with Gasteiger partial charge in [-0.2, -0.15) is 0 Å². The van der Waals surface area contributed by atoms with E-state index in [0.717, 1.165) is 22.3 Å². The van der Waals surface area contributed by atoms with Gasteiger partial charge in [0.05, 0.1) is 0 Å². The number of hydrogen-bond donors (Lipinski definition) is 3. The van der Waals surface area contributed by atoms with Crippen molar-refractivity contribution < 1.29 is 24.2 Å². The number of nitrogens with zero attached hydrogens (tertiary/aromatic N) is 1. The summed E-state index contributed by atoms with van der Waals surface area (Å²) in [6.45, 7) is 13.0. The molecule has 3 amide bonds. The van der Waals surface area contributed by atoms with Gasteiger partial charge in [-0.1, -0.05) is 54.6 Å². The molecule has 0 saturated heterocycles. The summed E-state index contributed by atoms with van der Waals surface area (Å²) in [7, 11) is 0. The molecule has 8 nitrogen and oxygen atoms in total. The van der Waals surface area contributed by atoms with Crippen LogP contribution in [0.25, 0.3) is 0 Å². The first kappa shape index (κ1) is 31.2. The van der Waals surface area contributed by atoms with Gasteiger partial charge in [-0.25, -0.2) is 4.79 Å². The van der Waals surface area contributed by atoms with Gasteiger partial charge >= 0.3 is 6.09 Å². The maximum Gasteiger partial charge on any atom is 0.408 e. The number of anilines is 1. The molecule has 3 aromatic carbocycles. The van der Waals surface area contributed by atoms with Gasteiger partial charge in [0.1, 0.15) is 23.4 Å². The largest absolute Gasteiger partial charge is 0.508 e. The number of phenols is 1. The highest BCUT2D eigenvalue weighted by atomic mass is 16.6. The Labute approximate surface area is 242 Å². The van der Waals surface area contributed by atoms with Crippen molar-refractivity contribution in [1.29, 1.82) is 0 Å². The van der Waals surface area contributed by atoms with Crippen molar-refractivity contribution in [2.24, 2.45) is 0 Å². The standard InChI is InChI=1S/C33H41N3O5/c1-8-36(31(39)27(34-32(40)41-33(5,6)7)20-24-16-18-25(37)19-17-24)29(26-15-10-9-12-21(26)2)30(38)35-28-22(3)13-11-14-23(28)4/h9-19,27,29,37H,8,20H2,1-7H3,(H,34,40)(H,35,38). The third-order valence-electron chi connectivity index (χ3n) is 6.76. The Balaban J connectivity index is 2.04. The van der Waals surface area contributed by atoms with Gasteiger partial charge in [0.15, 0.2) is 0 Å². The first-order chi connectivity index (χ1) is 19.3. The lowest BCUT2D eigenvalue weighted by Gasteiger charge is -2.34. The van der Waals surface area contributed by atoms with Crippen molar-refractivity contribution in [3.63, 3.8) is 0 Å². The highest BCUT2D eigenvalue weighted by Crippen LogP contribution is 2.29. The molecule has 8 heteroatoms. The summed E-state index contributed by atoms with van der Waals surface area (Å²) >= 11 is 0. The van der Waals surface area contributed by atoms with Gasteiger partial charge in [0.2, 0.25) is 5.91 Å². The molecule has 0 bridgehead atoms. The van der Waals surface area contributed by atoms with E-state index in [0.29, 0.717) is 11.3 Å². The number of aromatic hydroxyl groups is 1. The molecule has 0 spiro atoms. The molecule has 0 aliphatic rings. The van der Waals surface area contributed by atoms with Crippen LogP contribution in [-0.2, 0) is 20.7 Å². The fraction of sp³-hybridized carbons (Fsp3) is 0.364. The number of para-hydroxylation sites is 1. The summed E-state index contributed by atoms with van der Waals surface area (Å²) < 4.78 is 5.47. The zero-order chi connectivity index (χ0) is 30.3. The molecule has 2 atom stereocenters. The SMILES string of the molecule is CCN(C(=O)C(Cc1ccc(O)cc1)NC(=O)OC(C)(C)C)C(C(=O)Nc1c(C)cccc1C)c1ccccc1C. The third kappa shape index (κ3) is 8.33. The number of carbonyl (C=O) groups excluding carboxylic acids is 3. The van der Waals surface area contributed by atoms with E-state index in [1.807, 2.05) is 63.2 Å². The summed E-state index contributed by atoms with van der Waals surface area (Å²) in [5.41, 5.74) is 4.02. The van der Waals surface area contributed by atoms with Crippen LogP contribution in [0.5, 0.6) is 5.75 Å². The van der Waals surface area contributed by atoms with Gasteiger partial charge in [-0.3, -0.25) is 9.59 Å². The van der Waals surface area contributed by atoms with Gasteiger partial charge in [-0.05, 0) is 88.4 Å². The summed E-state index contributed by atoms with van der Waals surface area (Å²) in [6, 6.07) is 17.7. The number of carbonyl (C=O) groups is 3. The topological polar surface area (TPSA) is 108 Å². The van der Waals surface area contributed by atoms with E-state index in [9.17, 15) is 19.5 Å². The zero-order valence-corrected chi connectivity index (χ0v) is 24.9. The van der Waals surface area contributed by atoms with Crippen molar-refractivity contribution in [3.05, 3.63) is 94.5 Å². The average Bonchev–Trinajstić information content (AvgIpc) is 2.89. The second-order valence-corrected chi connectivity index (χ2v) is 11.2. The van der Waals surface area contributed by atoms with Crippen LogP contribution in [0.3, 0.4) is 0 Å². The monoisotopic (exact) mass is 559 g/mol. The van der Waals surface area contributed by atoms with Crippen LogP contribution in [-0.4, -0.2) is 46.1 Å². The summed E-state index contributed by atoms with van der Waals surface area (Å²) in [4.78, 5) is 42.7. The quantitative estimate of drug-likeness (QED) is 0.299. The second kappa shape index (κ2) is 13.4. The third-order valence-corrected chi connectivity index (χ3v) is 6.76. The van der Waals surface area contributed by atoms with Crippen LogP contribution in [0.2, 0.25) is 0 Å². The van der Waals surface area contributed by atoms with E-state index in [2.05, 4.69) is 10.6 Å². The van der Waals surface area contributed by atoms with Gasteiger partial charge in [0.25, 0.3) is 5.91 Å². The molecule has 0 fully saturated rings. The molecular weight excluding hydrogens is 518 g/mol. The molecular formula is C33H41N3O5. The summed E-state index contributed by atoms with van der Waals surface area (Å²) in [5, 5.41) is 15.5. The van der Waals surface area contributed by atoms with Crippen molar-refractivity contribution in [3.8, 4) is 5.75 Å². The van der Waals surface area contributed by atoms with E-state index in [1.165, 1.54) is 17.0 Å². The smallest absolute Gasteiger partial charge is 0.408 e. The van der Waals surface area contributed by atoms with Crippen molar-refractivity contribution in [2.45, 2.75) is 72.6 Å². The number of alkyl carbamates (subject to hydrolysis) is 1. The number of amides is 3. The number of rotatable bonds is 9. The predicted octanol–water partition coefficient (Wildman–Crippen LogP) is 5.98. The Morgan fingerprint density at radius 2 is 1.46 bits per heavy atom. The van der Waals surface area contributed by atoms with E-state index in [1.54, 1.807) is 39.8 Å². The Bertz CT molecular complexity index is 1360. The lowest BCUT2D eigenvalue weighted by molar-refractivity contribution is -0.140. The van der Waals surface area contributed by atoms with Gasteiger partial charge < -0.3 is 25.4 Å². The normalized spacial score (nSPS) is 12.7. The lowest BCUT2D eigenvalue weighted by Crippen LogP contribution is -2.53. The van der Waals surface area contributed by atoms with Gasteiger partial charge in [0, 0.05) is 18.7 Å². The average molecular weight is 560 g/mol. The van der Waals surface area contributed by atoms with Gasteiger partial charge in [-0.15, -0.1) is 0 Å². The predicted molar refractivity (Wildman–Crippen MR) is 161 cm³/mol. The molecule has 41 heavy (non-hydrogen) atoms. The minimum atomic E-state index is -1.03. The number of ether oxygens (including phenoxy) is 1. The van der Waals surface area contributed by atoms with Crippen LogP contribution in [0, 0.1) is 20.8 Å². The lowest BCUT2D eigenvalue weighted by atomic mass is 9.96. The number of likely N-dealkylation sites (N-methyl/N-ethyl adjacent to an activating group) is 1. The maximum absolute atomic E-state index is 14.3. The van der Waals surface area contributed by atoms with Crippen molar-refractivity contribution >= 4 is 23.6 Å². The summed E-state index contributed by atoms with van der Waals surface area (Å²) in [5.74, 6) is -0.696. The highest BCUT2D eigenvalue weighted by Gasteiger charge is 2.36. The Morgan fingerprint density at radius 3 is 2.02 bits per heavy atom. The minimum Gasteiger partial charge on any atom is -0.508 e. The number of hydrogen-bond acceptors (Lipinski definition) is 5. The fourth-order valence-corrected chi connectivity index (χ4v) is 4.73. The van der Waals surface area contributed by atoms with Crippen molar-refractivity contribution in [1.82, 2.24) is 10.2 Å². The second-order valence-electron chi connectivity index (χ2n) is 11.2. The number of aryl methyl sites for hydroxylation is 3. The van der Waals surface area contributed by atoms with Crippen molar-refractivity contribution in [2.75, 3.05) is 11.9 Å². The fourth-order valence-electron chi connectivity index (χ4n) is 4.73. The van der Waals surface area contributed by atoms with Crippen LogP contribution < -0.4 is 10.6 Å². The molecule has 3 aromatic rings. The zero-order valence-electron chi connectivity index (χ0n) is 24.9. The Kier molecular flexibility index (Phi) is 10.2. The molecule has 0 aliphatic heterocycles. The first-order valence-electron chi connectivity index (χ1n) is 13.8. The molecule has 3 rings (SSSR count). The highest BCUT2D eigenvalue weighted by molar-refractivity contribution is 6.00. The molecule has 0 aliphatic carbocycles. The Hall–Kier alpha value is -4.33. The number of benzene rings is 3. The van der Waals surface area contributed by atoms with Crippen LogP contribution in [0.1, 0.15) is 61.6 Å². The van der Waals surface area contributed by atoms with E-state index < -0.39 is 29.7 Å². The molecule has 3 N–H and O–H groups in total. The number of phenolic OH excluding ortho intramolecular Hbond substituents is 1. The minimum absolute atomic E-state index is 0.0923. The first-order valence-corrected chi connectivity index (χ1v) is 13.8. The van der Waals surface area contributed by atoms with Crippen LogP contribution in [0.4, 0.5) is 10.5 Å². The maximum atomic E-state index is 14.3. The van der Waals surface area contributed by atoms with E-state index in [-0.39, 0.29) is 24.6 Å². The van der Waals surface area contributed by atoms with Crippen LogP contribution in [0.15, 0.2) is 66.7 Å². The summed E-state index contributed by atoms with van der Waals surface area (Å²) in [6.07, 6.45) is -0.605. The van der Waals surface area contributed by atoms with Crippen LogP contribution >= 0.6 is 0 Å². The Morgan fingerprint density at radius 1 is 0.878 bits per heavy atom. The molecule has 0 heterocycles. The molecule has 0 saturated carbocycles. The molecule has 218 valence electrons.